The van der Waals surface area contributed by atoms with Crippen molar-refractivity contribution in [3.05, 3.63) is 46.8 Å². The van der Waals surface area contributed by atoms with Crippen LogP contribution in [0.25, 0.3) is 0 Å². The summed E-state index contributed by atoms with van der Waals surface area (Å²) in [4.78, 5) is 12.6. The van der Waals surface area contributed by atoms with Crippen LogP contribution in [0.4, 0.5) is 0 Å². The van der Waals surface area contributed by atoms with Crippen molar-refractivity contribution >= 4 is 15.9 Å². The molecule has 0 bridgehead atoms. The first-order valence-corrected chi connectivity index (χ1v) is 10.5. The van der Waals surface area contributed by atoms with Gasteiger partial charge in [0.1, 0.15) is 0 Å². The molecule has 2 aromatic rings. The van der Waals surface area contributed by atoms with E-state index in [4.69, 9.17) is 0 Å². The molecule has 4 N–H and O–H groups in total. The molecule has 1 aliphatic rings. The molecule has 1 aliphatic heterocycles. The lowest BCUT2D eigenvalue weighted by Gasteiger charge is -2.13. The number of fused-ring (bicyclic) bond motifs is 1. The Balaban J connectivity index is 1.60. The number of amides is 1. The Hall–Kier alpha value is -2.23. The molecule has 0 fully saturated rings. The van der Waals surface area contributed by atoms with E-state index in [1.165, 1.54) is 0 Å². The van der Waals surface area contributed by atoms with Crippen LogP contribution >= 0.6 is 0 Å². The molecule has 1 aromatic carbocycles. The minimum Gasteiger partial charge on any atom is -0.347 e. The fourth-order valence-corrected chi connectivity index (χ4v) is 4.04. The third-order valence-corrected chi connectivity index (χ3v) is 5.83. The highest BCUT2D eigenvalue weighted by Gasteiger charge is 2.21. The third-order valence-electron chi connectivity index (χ3n) is 4.39. The number of rotatable bonds is 7. The number of hydrogen-bond acceptors (Lipinski definition) is 5. The van der Waals surface area contributed by atoms with Crippen molar-refractivity contribution in [1.29, 1.82) is 0 Å². The monoisotopic (exact) mass is 391 g/mol. The van der Waals surface area contributed by atoms with E-state index in [1.54, 1.807) is 24.3 Å². The molecular formula is C18H25N5O3S. The summed E-state index contributed by atoms with van der Waals surface area (Å²) in [5, 5.41) is 13.1. The molecule has 3 rings (SSSR count). The molecule has 0 unspecified atom stereocenters. The highest BCUT2D eigenvalue weighted by atomic mass is 32.2. The van der Waals surface area contributed by atoms with E-state index in [9.17, 15) is 13.2 Å². The van der Waals surface area contributed by atoms with Crippen molar-refractivity contribution in [2.75, 3.05) is 13.1 Å². The lowest BCUT2D eigenvalue weighted by atomic mass is 10.1. The van der Waals surface area contributed by atoms with Crippen molar-refractivity contribution in [1.82, 2.24) is 25.6 Å². The second-order valence-electron chi connectivity index (χ2n) is 7.03. The van der Waals surface area contributed by atoms with Gasteiger partial charge in [0.25, 0.3) is 5.91 Å². The number of aromatic amines is 1. The van der Waals surface area contributed by atoms with Gasteiger partial charge in [-0.1, -0.05) is 26.0 Å². The van der Waals surface area contributed by atoms with Crippen LogP contribution in [-0.4, -0.2) is 37.6 Å². The zero-order chi connectivity index (χ0) is 19.4. The van der Waals surface area contributed by atoms with E-state index < -0.39 is 10.0 Å². The van der Waals surface area contributed by atoms with Crippen molar-refractivity contribution in [2.24, 2.45) is 5.92 Å². The van der Waals surface area contributed by atoms with Crippen molar-refractivity contribution < 1.29 is 13.2 Å². The van der Waals surface area contributed by atoms with Crippen LogP contribution in [0.3, 0.4) is 0 Å². The maximum absolute atomic E-state index is 12.4. The van der Waals surface area contributed by atoms with Crippen LogP contribution < -0.4 is 15.4 Å². The van der Waals surface area contributed by atoms with Gasteiger partial charge in [0.2, 0.25) is 10.0 Å². The minimum absolute atomic E-state index is 0.214. The Kier molecular flexibility index (Phi) is 5.93. The first-order valence-electron chi connectivity index (χ1n) is 9.00. The Labute approximate surface area is 159 Å². The first kappa shape index (κ1) is 19.5. The van der Waals surface area contributed by atoms with Gasteiger partial charge in [-0.3, -0.25) is 9.89 Å². The zero-order valence-electron chi connectivity index (χ0n) is 15.5. The van der Waals surface area contributed by atoms with Crippen molar-refractivity contribution in [2.45, 2.75) is 38.3 Å². The van der Waals surface area contributed by atoms with Gasteiger partial charge in [-0.2, -0.15) is 5.10 Å². The summed E-state index contributed by atoms with van der Waals surface area (Å²) in [6, 6.07) is 6.49. The molecule has 2 heterocycles. The summed E-state index contributed by atoms with van der Waals surface area (Å²) < 4.78 is 27.0. The number of aromatic nitrogens is 2. The molecule has 146 valence electrons. The number of sulfonamides is 1. The third kappa shape index (κ3) is 4.74. The summed E-state index contributed by atoms with van der Waals surface area (Å²) in [6.45, 7) is 6.08. The van der Waals surface area contributed by atoms with Gasteiger partial charge >= 0.3 is 0 Å². The predicted octanol–water partition coefficient (Wildman–Crippen LogP) is 0.920. The molecule has 27 heavy (non-hydrogen) atoms. The van der Waals surface area contributed by atoms with Crippen molar-refractivity contribution in [3.8, 4) is 0 Å². The number of nitrogens with one attached hydrogen (secondary N) is 4. The number of nitrogens with zero attached hydrogens (tertiary/aromatic N) is 1. The zero-order valence-corrected chi connectivity index (χ0v) is 16.3. The summed E-state index contributed by atoms with van der Waals surface area (Å²) >= 11 is 0. The average molecular weight is 391 g/mol. The van der Waals surface area contributed by atoms with Gasteiger partial charge < -0.3 is 10.6 Å². The number of benzene rings is 1. The number of carbonyl (C=O) groups is 1. The van der Waals surface area contributed by atoms with E-state index in [0.29, 0.717) is 25.3 Å². The number of hydrogen-bond donors (Lipinski definition) is 4. The minimum atomic E-state index is -3.51. The van der Waals surface area contributed by atoms with E-state index >= 15 is 0 Å². The molecule has 0 radical (unpaired) electrons. The molecule has 0 saturated carbocycles. The van der Waals surface area contributed by atoms with E-state index in [1.807, 2.05) is 13.8 Å². The van der Waals surface area contributed by atoms with Gasteiger partial charge in [0, 0.05) is 43.9 Å². The molecule has 8 nitrogen and oxygen atoms in total. The van der Waals surface area contributed by atoms with Gasteiger partial charge in [0.05, 0.1) is 4.90 Å². The maximum Gasteiger partial charge on any atom is 0.272 e. The summed E-state index contributed by atoms with van der Waals surface area (Å²) in [5.74, 6) is -0.0104. The fraction of sp³-hybridized carbons (Fsp3) is 0.444. The normalized spacial score (nSPS) is 14.2. The molecule has 0 aliphatic carbocycles. The van der Waals surface area contributed by atoms with Crippen LogP contribution in [0, 0.1) is 5.92 Å². The Morgan fingerprint density at radius 1 is 1.26 bits per heavy atom. The van der Waals surface area contributed by atoms with Gasteiger partial charge in [0.15, 0.2) is 5.69 Å². The second kappa shape index (κ2) is 8.20. The number of carbonyl (C=O) groups excluding carboxylic acids is 1. The van der Waals surface area contributed by atoms with Crippen LogP contribution in [-0.2, 0) is 29.5 Å². The van der Waals surface area contributed by atoms with E-state index in [0.717, 1.165) is 29.8 Å². The predicted molar refractivity (Wildman–Crippen MR) is 102 cm³/mol. The van der Waals surface area contributed by atoms with Crippen LogP contribution in [0.15, 0.2) is 29.2 Å². The SMILES string of the molecule is CC(C)CNS(=O)(=O)c1ccc(CNC(=O)c2n[nH]c3c2CNCC3)cc1. The Morgan fingerprint density at radius 2 is 2.00 bits per heavy atom. The Bertz CT molecular complexity index is 904. The number of H-pyrrole nitrogens is 1. The lowest BCUT2D eigenvalue weighted by molar-refractivity contribution is 0.0944. The van der Waals surface area contributed by atoms with Crippen LogP contribution in [0.2, 0.25) is 0 Å². The topological polar surface area (TPSA) is 116 Å². The molecule has 1 amide bonds. The lowest BCUT2D eigenvalue weighted by Crippen LogP contribution is -2.28. The molecule has 0 spiro atoms. The highest BCUT2D eigenvalue weighted by molar-refractivity contribution is 7.89. The van der Waals surface area contributed by atoms with Gasteiger partial charge in [-0.25, -0.2) is 13.1 Å². The largest absolute Gasteiger partial charge is 0.347 e. The average Bonchev–Trinajstić information content (AvgIpc) is 3.09. The van der Waals surface area contributed by atoms with E-state index in [-0.39, 0.29) is 16.7 Å². The second-order valence-corrected chi connectivity index (χ2v) is 8.80. The molecule has 0 atom stereocenters. The van der Waals surface area contributed by atoms with Crippen LogP contribution in [0.1, 0.15) is 41.2 Å². The van der Waals surface area contributed by atoms with Crippen LogP contribution in [0.5, 0.6) is 0 Å². The van der Waals surface area contributed by atoms with Crippen molar-refractivity contribution in [3.63, 3.8) is 0 Å². The Morgan fingerprint density at radius 3 is 2.70 bits per heavy atom. The maximum atomic E-state index is 12.4. The molecular weight excluding hydrogens is 366 g/mol. The first-order chi connectivity index (χ1) is 12.9. The van der Waals surface area contributed by atoms with E-state index in [2.05, 4.69) is 25.6 Å². The summed E-state index contributed by atoms with van der Waals surface area (Å²) in [6.07, 6.45) is 0.830. The van der Waals surface area contributed by atoms with Gasteiger partial charge in [-0.15, -0.1) is 0 Å². The standard InChI is InChI=1S/C18H25N5O3S/c1-12(2)9-21-27(25,26)14-5-3-13(4-6-14)10-20-18(24)17-15-11-19-8-7-16(15)22-23-17/h3-6,12,19,21H,7-11H2,1-2H3,(H,20,24)(H,22,23). The van der Waals surface area contributed by atoms with Gasteiger partial charge in [-0.05, 0) is 23.6 Å². The highest BCUT2D eigenvalue weighted by Crippen LogP contribution is 2.15. The smallest absolute Gasteiger partial charge is 0.272 e. The molecule has 1 aromatic heterocycles. The summed E-state index contributed by atoms with van der Waals surface area (Å²) in [7, 11) is -3.51. The molecule has 9 heteroatoms. The quantitative estimate of drug-likeness (QED) is 0.560. The summed E-state index contributed by atoms with van der Waals surface area (Å²) in [5.41, 5.74) is 3.14. The fourth-order valence-electron chi connectivity index (χ4n) is 2.83. The molecule has 0 saturated heterocycles.